The van der Waals surface area contributed by atoms with E-state index in [9.17, 15) is 0 Å². The molecule has 0 unspecified atom stereocenters. The number of nitrogens with two attached hydrogens (primary N) is 1. The summed E-state index contributed by atoms with van der Waals surface area (Å²) in [5.41, 5.74) is 5.50. The van der Waals surface area contributed by atoms with Crippen LogP contribution in [0.15, 0.2) is 0 Å². The van der Waals surface area contributed by atoms with E-state index in [-0.39, 0.29) is 0 Å². The molecule has 2 N–H and O–H groups in total. The number of aromatic nitrogens is 4. The smallest absolute Gasteiger partial charge is 0.245 e. The molecule has 0 radical (unpaired) electrons. The van der Waals surface area contributed by atoms with Gasteiger partial charge in [0.25, 0.3) is 0 Å². The first-order valence-corrected chi connectivity index (χ1v) is 6.21. The summed E-state index contributed by atoms with van der Waals surface area (Å²) < 4.78 is 1.73. The van der Waals surface area contributed by atoms with Crippen molar-refractivity contribution in [3.63, 3.8) is 0 Å². The second-order valence-corrected chi connectivity index (χ2v) is 4.43. The molecule has 0 saturated carbocycles. The average Bonchev–Trinajstić information content (AvgIpc) is 2.77. The number of hydrogen-bond donors (Lipinski definition) is 1. The maximum atomic E-state index is 5.50. The predicted octanol–water partition coefficient (Wildman–Crippen LogP) is -0.929. The van der Waals surface area contributed by atoms with Crippen LogP contribution in [-0.4, -0.2) is 64.4 Å². The molecule has 2 heterocycles. The van der Waals surface area contributed by atoms with E-state index in [1.54, 1.807) is 4.68 Å². The second-order valence-electron chi connectivity index (χ2n) is 4.43. The lowest BCUT2D eigenvalue weighted by Crippen LogP contribution is -2.47. The van der Waals surface area contributed by atoms with Crippen molar-refractivity contribution in [2.24, 2.45) is 12.8 Å². The van der Waals surface area contributed by atoms with Crippen molar-refractivity contribution >= 4 is 5.95 Å². The van der Waals surface area contributed by atoms with E-state index in [0.29, 0.717) is 0 Å². The van der Waals surface area contributed by atoms with Crippen molar-refractivity contribution in [2.45, 2.75) is 12.8 Å². The summed E-state index contributed by atoms with van der Waals surface area (Å²) in [6.07, 6.45) is 2.31. The zero-order valence-electron chi connectivity index (χ0n) is 10.4. The highest BCUT2D eigenvalue weighted by atomic mass is 15.6. The molecule has 0 aromatic carbocycles. The van der Waals surface area contributed by atoms with Crippen molar-refractivity contribution in [3.05, 3.63) is 0 Å². The Kier molecular flexibility index (Phi) is 4.27. The minimum absolute atomic E-state index is 0.796. The van der Waals surface area contributed by atoms with Crippen LogP contribution in [0.2, 0.25) is 0 Å². The summed E-state index contributed by atoms with van der Waals surface area (Å²) in [5.74, 6) is 0.867. The first-order chi connectivity index (χ1) is 8.31. The fraction of sp³-hybridized carbons (Fsp3) is 0.900. The number of hydrogen-bond acceptors (Lipinski definition) is 6. The van der Waals surface area contributed by atoms with Gasteiger partial charge < -0.3 is 10.6 Å². The fourth-order valence-corrected chi connectivity index (χ4v) is 2.14. The van der Waals surface area contributed by atoms with Crippen molar-refractivity contribution in [1.82, 2.24) is 25.1 Å². The van der Waals surface area contributed by atoms with E-state index < -0.39 is 0 Å². The summed E-state index contributed by atoms with van der Waals surface area (Å²) >= 11 is 0. The van der Waals surface area contributed by atoms with Gasteiger partial charge >= 0.3 is 0 Å². The minimum Gasteiger partial charge on any atom is -0.337 e. The number of piperazine rings is 1. The third-order valence-electron chi connectivity index (χ3n) is 3.18. The molecule has 1 saturated heterocycles. The van der Waals surface area contributed by atoms with Crippen molar-refractivity contribution in [3.8, 4) is 0 Å². The van der Waals surface area contributed by atoms with Gasteiger partial charge in [0.2, 0.25) is 5.95 Å². The van der Waals surface area contributed by atoms with Gasteiger partial charge in [0.05, 0.1) is 0 Å². The summed E-state index contributed by atoms with van der Waals surface area (Å²) in [4.78, 5) is 4.72. The third-order valence-corrected chi connectivity index (χ3v) is 3.18. The van der Waals surface area contributed by atoms with Crippen molar-refractivity contribution < 1.29 is 0 Å². The van der Waals surface area contributed by atoms with Crippen molar-refractivity contribution in [1.29, 1.82) is 0 Å². The van der Waals surface area contributed by atoms with E-state index in [1.165, 1.54) is 6.42 Å². The first kappa shape index (κ1) is 12.3. The standard InChI is InChI=1S/C10H21N7/c1-15-10(12-13-14-15)17-8-6-16(7-9-17)5-3-2-4-11/h2-9,11H2,1H3. The first-order valence-electron chi connectivity index (χ1n) is 6.21. The number of unbranched alkanes of at least 4 members (excludes halogenated alkanes) is 1. The molecule has 96 valence electrons. The summed E-state index contributed by atoms with van der Waals surface area (Å²) in [7, 11) is 1.88. The molecule has 2 rings (SSSR count). The molecule has 1 fully saturated rings. The number of tetrazole rings is 1. The van der Waals surface area contributed by atoms with E-state index in [2.05, 4.69) is 25.3 Å². The van der Waals surface area contributed by atoms with Crippen LogP contribution in [0.25, 0.3) is 0 Å². The van der Waals surface area contributed by atoms with E-state index in [1.807, 2.05) is 7.05 Å². The second kappa shape index (κ2) is 5.92. The molecule has 17 heavy (non-hydrogen) atoms. The maximum absolute atomic E-state index is 5.50. The molecule has 1 aromatic heterocycles. The Morgan fingerprint density at radius 1 is 1.18 bits per heavy atom. The van der Waals surface area contributed by atoms with Crippen LogP contribution in [0.3, 0.4) is 0 Å². The lowest BCUT2D eigenvalue weighted by atomic mass is 10.2. The van der Waals surface area contributed by atoms with Crippen molar-refractivity contribution in [2.75, 3.05) is 44.2 Å². The lowest BCUT2D eigenvalue weighted by molar-refractivity contribution is 0.251. The number of nitrogens with zero attached hydrogens (tertiary/aromatic N) is 6. The highest BCUT2D eigenvalue weighted by Crippen LogP contribution is 2.10. The molecule has 1 aliphatic rings. The van der Waals surface area contributed by atoms with Crippen LogP contribution in [0.4, 0.5) is 5.95 Å². The molecular weight excluding hydrogens is 218 g/mol. The van der Waals surface area contributed by atoms with E-state index >= 15 is 0 Å². The van der Waals surface area contributed by atoms with Gasteiger partial charge in [-0.1, -0.05) is 5.10 Å². The quantitative estimate of drug-likeness (QED) is 0.669. The Morgan fingerprint density at radius 2 is 1.94 bits per heavy atom. The van der Waals surface area contributed by atoms with Crippen LogP contribution in [-0.2, 0) is 7.05 Å². The molecular formula is C10H21N7. The monoisotopic (exact) mass is 239 g/mol. The van der Waals surface area contributed by atoms with E-state index in [4.69, 9.17) is 5.73 Å². The van der Waals surface area contributed by atoms with Gasteiger partial charge in [0.15, 0.2) is 0 Å². The van der Waals surface area contributed by atoms with Gasteiger partial charge in [-0.2, -0.15) is 0 Å². The van der Waals surface area contributed by atoms with Crippen LogP contribution < -0.4 is 10.6 Å². The Balaban J connectivity index is 1.76. The minimum atomic E-state index is 0.796. The normalized spacial score (nSPS) is 17.6. The van der Waals surface area contributed by atoms with Gasteiger partial charge in [0.1, 0.15) is 0 Å². The number of aryl methyl sites for hydroxylation is 1. The molecule has 0 amide bonds. The summed E-state index contributed by atoms with van der Waals surface area (Å²) in [6, 6.07) is 0. The fourth-order valence-electron chi connectivity index (χ4n) is 2.14. The van der Waals surface area contributed by atoms with Gasteiger partial charge in [-0.3, -0.25) is 4.90 Å². The zero-order chi connectivity index (χ0) is 12.1. The molecule has 7 heteroatoms. The Labute approximate surface area is 102 Å². The molecule has 0 atom stereocenters. The molecule has 1 aromatic rings. The van der Waals surface area contributed by atoms with Crippen LogP contribution >= 0.6 is 0 Å². The van der Waals surface area contributed by atoms with Gasteiger partial charge in [-0.05, 0) is 36.4 Å². The predicted molar refractivity (Wildman–Crippen MR) is 65.7 cm³/mol. The largest absolute Gasteiger partial charge is 0.337 e. The molecule has 0 bridgehead atoms. The lowest BCUT2D eigenvalue weighted by Gasteiger charge is -2.34. The Hall–Kier alpha value is -1.21. The van der Waals surface area contributed by atoms with Gasteiger partial charge in [0, 0.05) is 33.2 Å². The van der Waals surface area contributed by atoms with Crippen LogP contribution in [0.5, 0.6) is 0 Å². The molecule has 7 nitrogen and oxygen atoms in total. The summed E-state index contributed by atoms with van der Waals surface area (Å²) in [6.45, 7) is 6.11. The number of anilines is 1. The van der Waals surface area contributed by atoms with Gasteiger partial charge in [-0.15, -0.1) is 0 Å². The van der Waals surface area contributed by atoms with Crippen LogP contribution in [0, 0.1) is 0 Å². The SMILES string of the molecule is Cn1nnnc1N1CCN(CCCCN)CC1. The molecule has 1 aliphatic heterocycles. The Morgan fingerprint density at radius 3 is 2.53 bits per heavy atom. The maximum Gasteiger partial charge on any atom is 0.245 e. The van der Waals surface area contributed by atoms with Gasteiger partial charge in [-0.25, -0.2) is 4.68 Å². The topological polar surface area (TPSA) is 76.1 Å². The molecule has 0 aliphatic carbocycles. The Bertz CT molecular complexity index is 329. The van der Waals surface area contributed by atoms with E-state index in [0.717, 1.165) is 51.6 Å². The molecule has 0 spiro atoms. The van der Waals surface area contributed by atoms with Crippen LogP contribution in [0.1, 0.15) is 12.8 Å². The average molecular weight is 239 g/mol. The number of rotatable bonds is 5. The third kappa shape index (κ3) is 3.13. The highest BCUT2D eigenvalue weighted by molar-refractivity contribution is 5.28. The highest BCUT2D eigenvalue weighted by Gasteiger charge is 2.19. The zero-order valence-corrected chi connectivity index (χ0v) is 10.4. The summed E-state index contributed by atoms with van der Waals surface area (Å²) in [5, 5.41) is 11.6.